The van der Waals surface area contributed by atoms with Crippen molar-refractivity contribution in [2.75, 3.05) is 0 Å². The summed E-state index contributed by atoms with van der Waals surface area (Å²) in [5, 5.41) is 1.74. The summed E-state index contributed by atoms with van der Waals surface area (Å²) in [6, 6.07) is 15.9. The minimum absolute atomic E-state index is 0.117. The second kappa shape index (κ2) is 4.61. The quantitative estimate of drug-likeness (QED) is 0.639. The van der Waals surface area contributed by atoms with Crippen LogP contribution in [0.25, 0.3) is 17.0 Å². The third-order valence-corrected chi connectivity index (χ3v) is 4.30. The molecule has 0 N–H and O–H groups in total. The number of carbonyl (C=O) groups excluding carboxylic acids is 1. The molecule has 1 unspecified atom stereocenters. The fraction of sp³-hybridized carbons (Fsp3) is 0.0556. The van der Waals surface area contributed by atoms with E-state index in [-0.39, 0.29) is 6.04 Å². The van der Waals surface area contributed by atoms with Crippen molar-refractivity contribution in [3.63, 3.8) is 0 Å². The van der Waals surface area contributed by atoms with Crippen LogP contribution in [0.2, 0.25) is 5.02 Å². The monoisotopic (exact) mass is 293 g/mol. The van der Waals surface area contributed by atoms with Crippen molar-refractivity contribution in [1.82, 2.24) is 4.57 Å². The third kappa shape index (κ3) is 1.76. The number of hydrogen-bond donors (Lipinski definition) is 0. The van der Waals surface area contributed by atoms with Crippen LogP contribution < -0.4 is 0 Å². The van der Waals surface area contributed by atoms with Gasteiger partial charge in [-0.05, 0) is 17.2 Å². The Bertz CT molecular complexity index is 877. The first-order valence-electron chi connectivity index (χ1n) is 6.80. The summed E-state index contributed by atoms with van der Waals surface area (Å²) in [7, 11) is 0. The van der Waals surface area contributed by atoms with Crippen LogP contribution in [0.1, 0.15) is 17.2 Å². The summed E-state index contributed by atoms with van der Waals surface area (Å²) in [6.07, 6.45) is 4.82. The van der Waals surface area contributed by atoms with Gasteiger partial charge in [0.1, 0.15) is 6.29 Å². The Morgan fingerprint density at radius 2 is 1.86 bits per heavy atom. The second-order valence-electron chi connectivity index (χ2n) is 5.20. The van der Waals surface area contributed by atoms with Gasteiger partial charge in [0.25, 0.3) is 0 Å². The molecular weight excluding hydrogens is 282 g/mol. The van der Waals surface area contributed by atoms with Crippen molar-refractivity contribution < 1.29 is 4.79 Å². The molecule has 2 nitrogen and oxygen atoms in total. The van der Waals surface area contributed by atoms with Crippen molar-refractivity contribution >= 4 is 34.9 Å². The number of aromatic nitrogens is 1. The number of allylic oxidation sites excluding steroid dienone is 1. The molecule has 1 aliphatic heterocycles. The first-order valence-corrected chi connectivity index (χ1v) is 7.18. The number of benzene rings is 2. The molecule has 0 bridgehead atoms. The summed E-state index contributed by atoms with van der Waals surface area (Å²) in [6.45, 7) is 0. The molecule has 1 aromatic heterocycles. The highest BCUT2D eigenvalue weighted by Crippen LogP contribution is 2.40. The van der Waals surface area contributed by atoms with E-state index >= 15 is 0 Å². The summed E-state index contributed by atoms with van der Waals surface area (Å²) in [4.78, 5) is 11.6. The number of carbonyl (C=O) groups is 1. The molecular formula is C18H12ClNO. The van der Waals surface area contributed by atoms with Gasteiger partial charge in [0.2, 0.25) is 0 Å². The van der Waals surface area contributed by atoms with Crippen molar-refractivity contribution in [3.05, 3.63) is 76.5 Å². The Balaban J connectivity index is 2.06. The van der Waals surface area contributed by atoms with Gasteiger partial charge in [0.15, 0.2) is 0 Å². The van der Waals surface area contributed by atoms with Crippen molar-refractivity contribution in [2.24, 2.45) is 0 Å². The van der Waals surface area contributed by atoms with E-state index in [9.17, 15) is 4.79 Å². The summed E-state index contributed by atoms with van der Waals surface area (Å²) >= 11 is 6.37. The molecule has 21 heavy (non-hydrogen) atoms. The van der Waals surface area contributed by atoms with Gasteiger partial charge >= 0.3 is 0 Å². The Hall–Kier alpha value is -2.32. The molecule has 102 valence electrons. The molecule has 3 aromatic rings. The summed E-state index contributed by atoms with van der Waals surface area (Å²) < 4.78 is 2.10. The Morgan fingerprint density at radius 3 is 2.62 bits per heavy atom. The van der Waals surface area contributed by atoms with Crippen LogP contribution >= 0.6 is 11.6 Å². The third-order valence-electron chi connectivity index (χ3n) is 4.00. The number of hydrogen-bond acceptors (Lipinski definition) is 1. The van der Waals surface area contributed by atoms with Crippen molar-refractivity contribution in [2.45, 2.75) is 6.04 Å². The zero-order chi connectivity index (χ0) is 14.4. The normalized spacial score (nSPS) is 16.8. The SMILES string of the molecule is O=CC1=Cc2cccc3c(Cl)cn(c23)C1c1ccccc1. The molecule has 4 rings (SSSR count). The van der Waals surface area contributed by atoms with Crippen LogP contribution in [0, 0.1) is 0 Å². The number of nitrogens with zero attached hydrogens (tertiary/aromatic N) is 1. The minimum Gasteiger partial charge on any atom is -0.334 e. The smallest absolute Gasteiger partial charge is 0.148 e. The first-order chi connectivity index (χ1) is 10.3. The minimum atomic E-state index is -0.117. The molecule has 0 radical (unpaired) electrons. The molecule has 2 heterocycles. The van der Waals surface area contributed by atoms with Crippen LogP contribution in [0.4, 0.5) is 0 Å². The van der Waals surface area contributed by atoms with Crippen LogP contribution in [0.3, 0.4) is 0 Å². The molecule has 0 aliphatic carbocycles. The Kier molecular flexibility index (Phi) is 2.72. The number of aldehydes is 1. The average molecular weight is 294 g/mol. The van der Waals surface area contributed by atoms with Gasteiger partial charge < -0.3 is 4.57 Å². The lowest BCUT2D eigenvalue weighted by Gasteiger charge is -2.25. The predicted molar refractivity (Wildman–Crippen MR) is 85.6 cm³/mol. The molecule has 0 spiro atoms. The lowest BCUT2D eigenvalue weighted by Crippen LogP contribution is -2.16. The second-order valence-corrected chi connectivity index (χ2v) is 5.61. The van der Waals surface area contributed by atoms with Gasteiger partial charge in [-0.15, -0.1) is 0 Å². The van der Waals surface area contributed by atoms with Gasteiger partial charge in [-0.1, -0.05) is 60.1 Å². The predicted octanol–water partition coefficient (Wildman–Crippen LogP) is 4.48. The van der Waals surface area contributed by atoms with Crippen molar-refractivity contribution in [1.29, 1.82) is 0 Å². The molecule has 1 atom stereocenters. The highest BCUT2D eigenvalue weighted by atomic mass is 35.5. The highest BCUT2D eigenvalue weighted by molar-refractivity contribution is 6.36. The van der Waals surface area contributed by atoms with Crippen LogP contribution in [0.5, 0.6) is 0 Å². The fourth-order valence-corrected chi connectivity index (χ4v) is 3.38. The van der Waals surface area contributed by atoms with E-state index in [2.05, 4.69) is 4.57 Å². The van der Waals surface area contributed by atoms with Crippen LogP contribution in [-0.4, -0.2) is 10.9 Å². The summed E-state index contributed by atoms with van der Waals surface area (Å²) in [5.41, 5.74) is 3.95. The highest BCUT2D eigenvalue weighted by Gasteiger charge is 2.26. The molecule has 0 amide bonds. The van der Waals surface area contributed by atoms with E-state index in [4.69, 9.17) is 11.6 Å². The van der Waals surface area contributed by atoms with Gasteiger partial charge in [0.05, 0.1) is 16.6 Å². The first kappa shape index (κ1) is 12.4. The molecule has 0 saturated carbocycles. The number of halogens is 1. The van der Waals surface area contributed by atoms with Gasteiger partial charge in [-0.25, -0.2) is 0 Å². The Morgan fingerprint density at radius 1 is 1.05 bits per heavy atom. The molecule has 2 aromatic carbocycles. The van der Waals surface area contributed by atoms with E-state index < -0.39 is 0 Å². The van der Waals surface area contributed by atoms with E-state index in [0.29, 0.717) is 5.02 Å². The largest absolute Gasteiger partial charge is 0.334 e. The van der Waals surface area contributed by atoms with E-state index in [0.717, 1.165) is 33.9 Å². The molecule has 0 saturated heterocycles. The van der Waals surface area contributed by atoms with Gasteiger partial charge in [-0.2, -0.15) is 0 Å². The molecule has 0 fully saturated rings. The van der Waals surface area contributed by atoms with E-state index in [1.165, 1.54) is 0 Å². The van der Waals surface area contributed by atoms with E-state index in [1.807, 2.05) is 60.8 Å². The van der Waals surface area contributed by atoms with Crippen molar-refractivity contribution in [3.8, 4) is 0 Å². The number of rotatable bonds is 2. The lowest BCUT2D eigenvalue weighted by atomic mass is 9.93. The molecule has 3 heteroatoms. The Labute approximate surface area is 127 Å². The van der Waals surface area contributed by atoms with Gasteiger partial charge in [0, 0.05) is 17.2 Å². The fourth-order valence-electron chi connectivity index (χ4n) is 3.12. The van der Waals surface area contributed by atoms with Crippen LogP contribution in [-0.2, 0) is 4.79 Å². The zero-order valence-electron chi connectivity index (χ0n) is 11.2. The maximum absolute atomic E-state index is 11.6. The maximum Gasteiger partial charge on any atom is 0.148 e. The zero-order valence-corrected chi connectivity index (χ0v) is 11.9. The topological polar surface area (TPSA) is 22.0 Å². The summed E-state index contributed by atoms with van der Waals surface area (Å²) in [5.74, 6) is 0. The molecule has 1 aliphatic rings. The standard InChI is InChI=1S/C18H12ClNO/c19-16-10-20-17(12-5-2-1-3-6-12)14(11-21)9-13-7-4-8-15(16)18(13)20/h1-11,17H. The van der Waals surface area contributed by atoms with Crippen LogP contribution in [0.15, 0.2) is 60.3 Å². The maximum atomic E-state index is 11.6. The average Bonchev–Trinajstić information content (AvgIpc) is 2.86. The van der Waals surface area contributed by atoms with Gasteiger partial charge in [-0.3, -0.25) is 4.79 Å². The number of para-hydroxylation sites is 1. The lowest BCUT2D eigenvalue weighted by molar-refractivity contribution is -0.105. The van der Waals surface area contributed by atoms with E-state index in [1.54, 1.807) is 0 Å².